The molecule has 4 nitrogen and oxygen atoms in total. The van der Waals surface area contributed by atoms with E-state index in [1.807, 2.05) is 36.4 Å². The molecule has 2 rings (SSSR count). The summed E-state index contributed by atoms with van der Waals surface area (Å²) in [5.74, 6) is 0.661. The van der Waals surface area contributed by atoms with E-state index in [0.717, 1.165) is 17.0 Å². The van der Waals surface area contributed by atoms with Gasteiger partial charge in [-0.15, -0.1) is 0 Å². The molecule has 0 radical (unpaired) electrons. The first-order chi connectivity index (χ1) is 9.11. The Balaban J connectivity index is 2.40. The van der Waals surface area contributed by atoms with Gasteiger partial charge in [0.15, 0.2) is 0 Å². The van der Waals surface area contributed by atoms with Gasteiger partial charge in [-0.25, -0.2) is 4.98 Å². The maximum atomic E-state index is 11.9. The van der Waals surface area contributed by atoms with Gasteiger partial charge in [0.25, 0.3) is 5.91 Å². The maximum absolute atomic E-state index is 11.9. The Hall–Kier alpha value is -2.36. The van der Waals surface area contributed by atoms with Gasteiger partial charge in [-0.3, -0.25) is 4.79 Å². The molecule has 98 valence electrons. The second kappa shape index (κ2) is 5.52. The predicted molar refractivity (Wildman–Crippen MR) is 74.2 cm³/mol. The number of ether oxygens (including phenoxy) is 1. The minimum absolute atomic E-state index is 0.107. The van der Waals surface area contributed by atoms with E-state index >= 15 is 0 Å². The SMILES string of the molecule is COc1cccc(-c2cccc(C(=O)N(C)C)n2)c1. The van der Waals surface area contributed by atoms with Gasteiger partial charge in [-0.1, -0.05) is 18.2 Å². The highest BCUT2D eigenvalue weighted by molar-refractivity contribution is 5.92. The Morgan fingerprint density at radius 1 is 1.16 bits per heavy atom. The van der Waals surface area contributed by atoms with Crippen molar-refractivity contribution in [1.82, 2.24) is 9.88 Å². The number of carbonyl (C=O) groups is 1. The number of aromatic nitrogens is 1. The van der Waals surface area contributed by atoms with Crippen LogP contribution in [-0.2, 0) is 0 Å². The van der Waals surface area contributed by atoms with Crippen molar-refractivity contribution >= 4 is 5.91 Å². The van der Waals surface area contributed by atoms with Crippen molar-refractivity contribution < 1.29 is 9.53 Å². The van der Waals surface area contributed by atoms with E-state index in [9.17, 15) is 4.79 Å². The summed E-state index contributed by atoms with van der Waals surface area (Å²) in [5, 5.41) is 0. The molecule has 1 aromatic carbocycles. The molecule has 4 heteroatoms. The number of nitrogens with zero attached hydrogens (tertiary/aromatic N) is 2. The molecule has 0 aliphatic rings. The van der Waals surface area contributed by atoms with E-state index in [0.29, 0.717) is 5.69 Å². The average molecular weight is 256 g/mol. The summed E-state index contributed by atoms with van der Waals surface area (Å²) in [6, 6.07) is 13.0. The van der Waals surface area contributed by atoms with Gasteiger partial charge in [0.05, 0.1) is 12.8 Å². The molecule has 1 aromatic heterocycles. The summed E-state index contributed by atoms with van der Waals surface area (Å²) in [6.07, 6.45) is 0. The smallest absolute Gasteiger partial charge is 0.271 e. The molecule has 0 spiro atoms. The largest absolute Gasteiger partial charge is 0.497 e. The summed E-state index contributed by atoms with van der Waals surface area (Å²) in [5.41, 5.74) is 2.12. The molecule has 0 aliphatic heterocycles. The summed E-state index contributed by atoms with van der Waals surface area (Å²) >= 11 is 0. The first-order valence-corrected chi connectivity index (χ1v) is 5.95. The van der Waals surface area contributed by atoms with Crippen LogP contribution in [0.1, 0.15) is 10.5 Å². The molecule has 2 aromatic rings. The van der Waals surface area contributed by atoms with Crippen LogP contribution in [0.3, 0.4) is 0 Å². The Kier molecular flexibility index (Phi) is 3.80. The number of pyridine rings is 1. The number of methoxy groups -OCH3 is 1. The van der Waals surface area contributed by atoms with Gasteiger partial charge >= 0.3 is 0 Å². The number of rotatable bonds is 3. The lowest BCUT2D eigenvalue weighted by Gasteiger charge is -2.10. The van der Waals surface area contributed by atoms with Gasteiger partial charge in [-0.2, -0.15) is 0 Å². The van der Waals surface area contributed by atoms with Crippen LogP contribution in [-0.4, -0.2) is 37.0 Å². The molecule has 0 atom stereocenters. The van der Waals surface area contributed by atoms with E-state index in [4.69, 9.17) is 4.74 Å². The summed E-state index contributed by atoms with van der Waals surface area (Å²) in [6.45, 7) is 0. The predicted octanol–water partition coefficient (Wildman–Crippen LogP) is 2.46. The Bertz CT molecular complexity index is 594. The molecule has 0 bridgehead atoms. The zero-order valence-electron chi connectivity index (χ0n) is 11.3. The highest BCUT2D eigenvalue weighted by atomic mass is 16.5. The molecule has 0 saturated carbocycles. The standard InChI is InChI=1S/C15H16N2O2/c1-17(2)15(18)14-9-5-8-13(16-14)11-6-4-7-12(10-11)19-3/h4-10H,1-3H3. The van der Waals surface area contributed by atoms with Crippen molar-refractivity contribution in [1.29, 1.82) is 0 Å². The van der Waals surface area contributed by atoms with Crippen LogP contribution >= 0.6 is 0 Å². The van der Waals surface area contributed by atoms with E-state index in [2.05, 4.69) is 4.98 Å². The lowest BCUT2D eigenvalue weighted by Crippen LogP contribution is -2.22. The lowest BCUT2D eigenvalue weighted by molar-refractivity contribution is 0.0822. The molecule has 0 fully saturated rings. The number of hydrogen-bond acceptors (Lipinski definition) is 3. The van der Waals surface area contributed by atoms with Crippen LogP contribution in [0.2, 0.25) is 0 Å². The highest BCUT2D eigenvalue weighted by Crippen LogP contribution is 2.22. The van der Waals surface area contributed by atoms with E-state index < -0.39 is 0 Å². The van der Waals surface area contributed by atoms with Gasteiger partial charge < -0.3 is 9.64 Å². The van der Waals surface area contributed by atoms with Gasteiger partial charge in [-0.05, 0) is 24.3 Å². The van der Waals surface area contributed by atoms with Crippen LogP contribution in [0.15, 0.2) is 42.5 Å². The normalized spacial score (nSPS) is 10.1. The summed E-state index contributed by atoms with van der Waals surface area (Å²) in [7, 11) is 5.04. The third kappa shape index (κ3) is 2.91. The van der Waals surface area contributed by atoms with Crippen molar-refractivity contribution in [3.63, 3.8) is 0 Å². The molecule has 19 heavy (non-hydrogen) atoms. The minimum atomic E-state index is -0.107. The van der Waals surface area contributed by atoms with Crippen LogP contribution < -0.4 is 4.74 Å². The molecular formula is C15H16N2O2. The summed E-state index contributed by atoms with van der Waals surface area (Å²) < 4.78 is 5.19. The molecule has 0 saturated heterocycles. The Morgan fingerprint density at radius 3 is 2.58 bits per heavy atom. The first-order valence-electron chi connectivity index (χ1n) is 5.95. The number of amides is 1. The molecule has 0 N–H and O–H groups in total. The van der Waals surface area contributed by atoms with Crippen LogP contribution in [0.4, 0.5) is 0 Å². The second-order valence-corrected chi connectivity index (χ2v) is 4.34. The second-order valence-electron chi connectivity index (χ2n) is 4.34. The monoisotopic (exact) mass is 256 g/mol. The fourth-order valence-electron chi connectivity index (χ4n) is 1.73. The topological polar surface area (TPSA) is 42.4 Å². The van der Waals surface area contributed by atoms with Crippen molar-refractivity contribution in [2.24, 2.45) is 0 Å². The fourth-order valence-corrected chi connectivity index (χ4v) is 1.73. The molecule has 1 amide bonds. The van der Waals surface area contributed by atoms with Crippen molar-refractivity contribution in [2.45, 2.75) is 0 Å². The van der Waals surface area contributed by atoms with Gasteiger partial charge in [0.2, 0.25) is 0 Å². The van der Waals surface area contributed by atoms with Crippen molar-refractivity contribution in [3.05, 3.63) is 48.2 Å². The molecule has 1 heterocycles. The minimum Gasteiger partial charge on any atom is -0.497 e. The third-order valence-corrected chi connectivity index (χ3v) is 2.74. The first kappa shape index (κ1) is 13.1. The Labute approximate surface area is 112 Å². The van der Waals surface area contributed by atoms with Crippen LogP contribution in [0.25, 0.3) is 11.3 Å². The average Bonchev–Trinajstić information content (AvgIpc) is 2.46. The fraction of sp³-hybridized carbons (Fsp3) is 0.200. The maximum Gasteiger partial charge on any atom is 0.271 e. The Morgan fingerprint density at radius 2 is 1.89 bits per heavy atom. The highest BCUT2D eigenvalue weighted by Gasteiger charge is 2.10. The van der Waals surface area contributed by atoms with Gasteiger partial charge in [0, 0.05) is 19.7 Å². The van der Waals surface area contributed by atoms with E-state index in [1.54, 1.807) is 27.3 Å². The zero-order valence-corrected chi connectivity index (χ0v) is 11.3. The van der Waals surface area contributed by atoms with Crippen molar-refractivity contribution in [3.8, 4) is 17.0 Å². The number of hydrogen-bond donors (Lipinski definition) is 0. The van der Waals surface area contributed by atoms with Crippen LogP contribution in [0, 0.1) is 0 Å². The van der Waals surface area contributed by atoms with Crippen LogP contribution in [0.5, 0.6) is 5.75 Å². The van der Waals surface area contributed by atoms with E-state index in [1.165, 1.54) is 4.90 Å². The van der Waals surface area contributed by atoms with Crippen molar-refractivity contribution in [2.75, 3.05) is 21.2 Å². The molecular weight excluding hydrogens is 240 g/mol. The number of carbonyl (C=O) groups excluding carboxylic acids is 1. The zero-order chi connectivity index (χ0) is 13.8. The molecule has 0 aliphatic carbocycles. The summed E-state index contributed by atoms with van der Waals surface area (Å²) in [4.78, 5) is 17.8. The quantitative estimate of drug-likeness (QED) is 0.847. The third-order valence-electron chi connectivity index (χ3n) is 2.74. The molecule has 0 unspecified atom stereocenters. The van der Waals surface area contributed by atoms with E-state index in [-0.39, 0.29) is 5.91 Å². The number of benzene rings is 1. The lowest BCUT2D eigenvalue weighted by atomic mass is 10.1. The van der Waals surface area contributed by atoms with Gasteiger partial charge in [0.1, 0.15) is 11.4 Å².